The lowest BCUT2D eigenvalue weighted by Gasteiger charge is -2.21. The van der Waals surface area contributed by atoms with Crippen molar-refractivity contribution in [1.82, 2.24) is 0 Å². The lowest BCUT2D eigenvalue weighted by atomic mass is 9.84. The normalized spacial score (nSPS) is 15.9. The maximum absolute atomic E-state index is 6.39. The Labute approximate surface area is 323 Å². The van der Waals surface area contributed by atoms with E-state index in [1.807, 2.05) is 6.07 Å². The molecule has 1 aromatic heterocycles. The number of benzene rings is 7. The molecule has 9 rings (SSSR count). The summed E-state index contributed by atoms with van der Waals surface area (Å²) >= 11 is 0. The van der Waals surface area contributed by atoms with Crippen LogP contribution in [0, 0.1) is 5.92 Å². The van der Waals surface area contributed by atoms with Gasteiger partial charge in [0.05, 0.1) is 5.70 Å². The molecule has 1 aliphatic rings. The number of hydrogen-bond acceptors (Lipinski definition) is 2. The van der Waals surface area contributed by atoms with Crippen molar-refractivity contribution in [3.63, 3.8) is 0 Å². The highest BCUT2D eigenvalue weighted by molar-refractivity contribution is 6.12. The smallest absolute Gasteiger partial charge is 0.136 e. The van der Waals surface area contributed by atoms with E-state index in [0.29, 0.717) is 0 Å². The van der Waals surface area contributed by atoms with Gasteiger partial charge in [0.15, 0.2) is 0 Å². The first kappa shape index (κ1) is 34.3. The van der Waals surface area contributed by atoms with Gasteiger partial charge in [-0.3, -0.25) is 4.99 Å². The van der Waals surface area contributed by atoms with Gasteiger partial charge in [0.2, 0.25) is 0 Å². The van der Waals surface area contributed by atoms with E-state index < -0.39 is 0 Å². The van der Waals surface area contributed by atoms with Crippen molar-refractivity contribution in [1.29, 1.82) is 0 Å². The van der Waals surface area contributed by atoms with Gasteiger partial charge in [0, 0.05) is 28.0 Å². The summed E-state index contributed by atoms with van der Waals surface area (Å²) in [6.45, 7) is 4.63. The predicted molar refractivity (Wildman–Crippen MR) is 233 cm³/mol. The molecule has 55 heavy (non-hydrogen) atoms. The fourth-order valence-electron chi connectivity index (χ4n) is 8.24. The molecule has 0 saturated heterocycles. The molecule has 0 spiro atoms. The monoisotopic (exact) mass is 709 g/mol. The van der Waals surface area contributed by atoms with Gasteiger partial charge in [-0.05, 0) is 94.5 Å². The molecule has 0 radical (unpaired) electrons. The van der Waals surface area contributed by atoms with Gasteiger partial charge in [0.1, 0.15) is 11.2 Å². The molecule has 8 aromatic rings. The Balaban J connectivity index is 1.15. The predicted octanol–water partition coefficient (Wildman–Crippen LogP) is 14.7. The molecule has 1 aliphatic heterocycles. The van der Waals surface area contributed by atoms with Gasteiger partial charge >= 0.3 is 0 Å². The highest BCUT2D eigenvalue weighted by Gasteiger charge is 2.22. The Morgan fingerprint density at radius 1 is 0.509 bits per heavy atom. The molecular formula is C53H43NO. The third-order valence-electron chi connectivity index (χ3n) is 11.1. The average Bonchev–Trinajstić information content (AvgIpc) is 3.66. The fourth-order valence-corrected chi connectivity index (χ4v) is 8.24. The average molecular weight is 710 g/mol. The van der Waals surface area contributed by atoms with Crippen LogP contribution in [0.5, 0.6) is 0 Å². The van der Waals surface area contributed by atoms with Gasteiger partial charge < -0.3 is 4.42 Å². The van der Waals surface area contributed by atoms with Crippen LogP contribution in [0.1, 0.15) is 49.8 Å². The summed E-state index contributed by atoms with van der Waals surface area (Å²) < 4.78 is 6.39. The van der Waals surface area contributed by atoms with E-state index in [1.165, 1.54) is 50.1 Å². The minimum absolute atomic E-state index is 0.165. The minimum Gasteiger partial charge on any atom is -0.456 e. The molecular weight excluding hydrogens is 667 g/mol. The SMILES string of the molecule is CCC1/C=C(/c2cccc3oc4ccccc4c23)N=C(c2cccc(-c3ccccc3)c2)CCC(C)=C1c1ccc(-c2ccc(-c3ccccc3)cc2)cc1. The number of nitrogens with zero attached hydrogens (tertiary/aromatic N) is 1. The summed E-state index contributed by atoms with van der Waals surface area (Å²) in [4.78, 5) is 5.66. The lowest BCUT2D eigenvalue weighted by Crippen LogP contribution is -2.04. The van der Waals surface area contributed by atoms with Crippen LogP contribution >= 0.6 is 0 Å². The zero-order valence-electron chi connectivity index (χ0n) is 31.4. The first-order chi connectivity index (χ1) is 27.1. The number of hydrogen-bond donors (Lipinski definition) is 0. The molecule has 1 atom stereocenters. The summed E-state index contributed by atoms with van der Waals surface area (Å²) in [5, 5.41) is 2.23. The highest BCUT2D eigenvalue weighted by atomic mass is 16.3. The summed E-state index contributed by atoms with van der Waals surface area (Å²) in [5.74, 6) is 0.165. The lowest BCUT2D eigenvalue weighted by molar-refractivity contribution is 0.669. The van der Waals surface area contributed by atoms with Gasteiger partial charge in [-0.2, -0.15) is 0 Å². The van der Waals surface area contributed by atoms with Gasteiger partial charge in [-0.1, -0.05) is 176 Å². The second-order valence-corrected chi connectivity index (χ2v) is 14.6. The molecule has 0 N–H and O–H groups in total. The van der Waals surface area contributed by atoms with Crippen molar-refractivity contribution in [2.75, 3.05) is 0 Å². The first-order valence-electron chi connectivity index (χ1n) is 19.4. The fraction of sp³-hybridized carbons (Fsp3) is 0.113. The van der Waals surface area contributed by atoms with Gasteiger partial charge in [-0.15, -0.1) is 0 Å². The van der Waals surface area contributed by atoms with Gasteiger partial charge in [0.25, 0.3) is 0 Å². The number of allylic oxidation sites excluding steroid dienone is 3. The van der Waals surface area contributed by atoms with E-state index in [1.54, 1.807) is 0 Å². The van der Waals surface area contributed by atoms with Crippen molar-refractivity contribution in [2.24, 2.45) is 10.9 Å². The third-order valence-corrected chi connectivity index (χ3v) is 11.1. The molecule has 0 aliphatic carbocycles. The van der Waals surface area contributed by atoms with E-state index >= 15 is 0 Å². The maximum atomic E-state index is 6.39. The number of rotatable bonds is 7. The minimum atomic E-state index is 0.165. The molecule has 7 aromatic carbocycles. The van der Waals surface area contributed by atoms with E-state index in [2.05, 4.69) is 190 Å². The molecule has 0 saturated carbocycles. The van der Waals surface area contributed by atoms with E-state index in [4.69, 9.17) is 9.41 Å². The molecule has 0 bridgehead atoms. The Bertz CT molecular complexity index is 2710. The number of fused-ring (bicyclic) bond motifs is 3. The molecule has 1 unspecified atom stereocenters. The largest absolute Gasteiger partial charge is 0.456 e. The highest BCUT2D eigenvalue weighted by Crippen LogP contribution is 2.41. The molecule has 2 nitrogen and oxygen atoms in total. The van der Waals surface area contributed by atoms with Crippen molar-refractivity contribution in [3.8, 4) is 33.4 Å². The first-order valence-corrected chi connectivity index (χ1v) is 19.4. The zero-order chi connectivity index (χ0) is 37.1. The number of para-hydroxylation sites is 1. The third kappa shape index (κ3) is 6.88. The van der Waals surface area contributed by atoms with Crippen LogP contribution < -0.4 is 0 Å². The molecule has 266 valence electrons. The summed E-state index contributed by atoms with van der Waals surface area (Å²) in [6.07, 6.45) is 5.13. The Kier molecular flexibility index (Phi) is 9.40. The quantitative estimate of drug-likeness (QED) is 0.162. The zero-order valence-corrected chi connectivity index (χ0v) is 31.4. The second kappa shape index (κ2) is 15.1. The van der Waals surface area contributed by atoms with Crippen molar-refractivity contribution in [2.45, 2.75) is 33.1 Å². The van der Waals surface area contributed by atoms with Crippen molar-refractivity contribution >= 4 is 38.9 Å². The van der Waals surface area contributed by atoms with E-state index in [-0.39, 0.29) is 5.92 Å². The Morgan fingerprint density at radius 3 is 1.71 bits per heavy atom. The summed E-state index contributed by atoms with van der Waals surface area (Å²) in [6, 6.07) is 63.0. The molecule has 0 fully saturated rings. The van der Waals surface area contributed by atoms with Crippen molar-refractivity contribution < 1.29 is 4.42 Å². The van der Waals surface area contributed by atoms with Crippen LogP contribution in [0.25, 0.3) is 66.6 Å². The number of aliphatic imine (C=N–C) groups is 1. The number of furan rings is 1. The Morgan fingerprint density at radius 2 is 1.04 bits per heavy atom. The molecule has 2 heteroatoms. The van der Waals surface area contributed by atoms with Crippen molar-refractivity contribution in [3.05, 3.63) is 204 Å². The van der Waals surface area contributed by atoms with Crippen LogP contribution in [-0.4, -0.2) is 5.71 Å². The van der Waals surface area contributed by atoms with Crippen LogP contribution in [-0.2, 0) is 0 Å². The van der Waals surface area contributed by atoms with Crippen LogP contribution in [0.4, 0.5) is 0 Å². The topological polar surface area (TPSA) is 25.5 Å². The van der Waals surface area contributed by atoms with Crippen LogP contribution in [0.2, 0.25) is 0 Å². The summed E-state index contributed by atoms with van der Waals surface area (Å²) in [7, 11) is 0. The van der Waals surface area contributed by atoms with Gasteiger partial charge in [-0.25, -0.2) is 0 Å². The van der Waals surface area contributed by atoms with E-state index in [9.17, 15) is 0 Å². The van der Waals surface area contributed by atoms with E-state index in [0.717, 1.165) is 63.7 Å². The maximum Gasteiger partial charge on any atom is 0.136 e. The molecule has 0 amide bonds. The Hall–Kier alpha value is -6.51. The molecule has 2 heterocycles. The summed E-state index contributed by atoms with van der Waals surface area (Å²) in [5.41, 5.74) is 17.5. The second-order valence-electron chi connectivity index (χ2n) is 14.6. The standard InChI is InChI=1S/C53H43NO/c1-3-37-35-49(46-21-13-23-51-53(46)47-20-10-11-22-50(47)55-51)54-48(45-19-12-18-44(34-45)39-16-8-5-9-17-39)33-24-36(2)52(37)43-31-29-42(30-32-43)41-27-25-40(26-28-41)38-14-6-4-7-15-38/h4-23,25-32,34-35,37H,3,24,33H2,1-2H3/b49-35-,52-36?,54-48?. The van der Waals surface area contributed by atoms with Crippen LogP contribution in [0.15, 0.2) is 197 Å². The van der Waals surface area contributed by atoms with Crippen LogP contribution in [0.3, 0.4) is 0 Å².